The van der Waals surface area contributed by atoms with E-state index in [2.05, 4.69) is 4.98 Å². The highest BCUT2D eigenvalue weighted by Crippen LogP contribution is 2.18. The molecule has 6 heteroatoms. The summed E-state index contributed by atoms with van der Waals surface area (Å²) in [6.07, 6.45) is 3.53. The lowest BCUT2D eigenvalue weighted by molar-refractivity contribution is -0.137. The number of aromatic nitrogens is 2. The third-order valence-electron chi connectivity index (χ3n) is 3.60. The lowest BCUT2D eigenvalue weighted by atomic mass is 10.2. The minimum atomic E-state index is -0.945. The van der Waals surface area contributed by atoms with Gasteiger partial charge in [0, 0.05) is 16.3 Å². The average molecular weight is 340 g/mol. The van der Waals surface area contributed by atoms with E-state index in [0.717, 1.165) is 4.88 Å². The zero-order valence-electron chi connectivity index (χ0n) is 13.1. The quantitative estimate of drug-likeness (QED) is 0.772. The van der Waals surface area contributed by atoms with Crippen LogP contribution in [-0.4, -0.2) is 20.6 Å². The van der Waals surface area contributed by atoms with Gasteiger partial charge in [-0.3, -0.25) is 14.2 Å². The molecule has 0 spiro atoms. The number of carbonyl (C=O) groups is 1. The van der Waals surface area contributed by atoms with Crippen LogP contribution in [0.15, 0.2) is 41.2 Å². The first-order valence-corrected chi connectivity index (χ1v) is 8.32. The van der Waals surface area contributed by atoms with Crippen LogP contribution < -0.4 is 5.56 Å². The van der Waals surface area contributed by atoms with Crippen molar-refractivity contribution in [2.45, 2.75) is 19.9 Å². The number of para-hydroxylation sites is 1. The molecule has 0 saturated heterocycles. The fourth-order valence-corrected chi connectivity index (χ4v) is 3.22. The molecule has 0 fully saturated rings. The topological polar surface area (TPSA) is 72.2 Å². The summed E-state index contributed by atoms with van der Waals surface area (Å²) in [5, 5.41) is 9.42. The fraction of sp³-hybridized carbons (Fsp3) is 0.167. The molecule has 0 atom stereocenters. The molecule has 1 N–H and O–H groups in total. The maximum absolute atomic E-state index is 12.7. The van der Waals surface area contributed by atoms with Crippen LogP contribution >= 0.6 is 11.3 Å². The normalized spacial score (nSPS) is 11.4. The molecule has 0 amide bonds. The number of carboxylic acid groups (broad SMARTS) is 1. The zero-order chi connectivity index (χ0) is 17.1. The molecule has 0 aliphatic heterocycles. The SMILES string of the molecule is Cc1ccc(C=Cc2nc3ccccc3c(=O)n2CCC(=O)O)s1. The second-order valence-corrected chi connectivity index (χ2v) is 6.69. The van der Waals surface area contributed by atoms with Gasteiger partial charge < -0.3 is 5.11 Å². The Kier molecular flexibility index (Phi) is 4.57. The van der Waals surface area contributed by atoms with Gasteiger partial charge in [0.1, 0.15) is 5.82 Å². The van der Waals surface area contributed by atoms with E-state index in [4.69, 9.17) is 5.11 Å². The van der Waals surface area contributed by atoms with Gasteiger partial charge >= 0.3 is 5.97 Å². The molecule has 0 aliphatic rings. The first-order valence-electron chi connectivity index (χ1n) is 7.50. The molecule has 2 heterocycles. The van der Waals surface area contributed by atoms with Gasteiger partial charge in [-0.15, -0.1) is 11.3 Å². The van der Waals surface area contributed by atoms with Crippen LogP contribution in [0.1, 0.15) is 22.0 Å². The summed E-state index contributed by atoms with van der Waals surface area (Å²) in [6, 6.07) is 11.1. The first kappa shape index (κ1) is 16.1. The van der Waals surface area contributed by atoms with Crippen molar-refractivity contribution >= 4 is 40.4 Å². The van der Waals surface area contributed by atoms with Gasteiger partial charge in [0.2, 0.25) is 0 Å². The molecule has 0 aliphatic carbocycles. The van der Waals surface area contributed by atoms with E-state index in [1.165, 1.54) is 9.44 Å². The standard InChI is InChI=1S/C18H16N2O3S/c1-12-6-7-13(24-12)8-9-16-19-15-5-3-2-4-14(15)18(23)20(16)11-10-17(21)22/h2-9H,10-11H2,1H3,(H,21,22). The highest BCUT2D eigenvalue weighted by atomic mass is 32.1. The Labute approximate surface area is 142 Å². The van der Waals surface area contributed by atoms with Crippen molar-refractivity contribution in [2.75, 3.05) is 0 Å². The molecular weight excluding hydrogens is 324 g/mol. The maximum Gasteiger partial charge on any atom is 0.305 e. The van der Waals surface area contributed by atoms with Crippen LogP contribution in [0.3, 0.4) is 0 Å². The van der Waals surface area contributed by atoms with Gasteiger partial charge in [-0.05, 0) is 43.3 Å². The number of rotatable bonds is 5. The summed E-state index contributed by atoms with van der Waals surface area (Å²) in [6.45, 7) is 2.12. The summed E-state index contributed by atoms with van der Waals surface area (Å²) in [4.78, 5) is 30.3. The van der Waals surface area contributed by atoms with Crippen LogP contribution in [-0.2, 0) is 11.3 Å². The van der Waals surface area contributed by atoms with Gasteiger partial charge in [0.25, 0.3) is 5.56 Å². The molecule has 122 valence electrons. The Bertz CT molecular complexity index is 985. The van der Waals surface area contributed by atoms with Crippen molar-refractivity contribution < 1.29 is 9.90 Å². The van der Waals surface area contributed by atoms with E-state index in [-0.39, 0.29) is 18.5 Å². The van der Waals surface area contributed by atoms with Crippen LogP contribution in [0.2, 0.25) is 0 Å². The van der Waals surface area contributed by atoms with Gasteiger partial charge in [-0.1, -0.05) is 12.1 Å². The zero-order valence-corrected chi connectivity index (χ0v) is 13.9. The molecule has 3 aromatic rings. The number of thiophene rings is 1. The number of hydrogen-bond acceptors (Lipinski definition) is 4. The summed E-state index contributed by atoms with van der Waals surface area (Å²) < 4.78 is 1.42. The largest absolute Gasteiger partial charge is 0.481 e. The molecule has 0 unspecified atom stereocenters. The van der Waals surface area contributed by atoms with Gasteiger partial charge in [-0.25, -0.2) is 4.98 Å². The second-order valence-electron chi connectivity index (χ2n) is 5.37. The average Bonchev–Trinajstić information content (AvgIpc) is 2.97. The third-order valence-corrected chi connectivity index (χ3v) is 4.56. The predicted octanol–water partition coefficient (Wildman–Crippen LogP) is 3.41. The smallest absolute Gasteiger partial charge is 0.305 e. The minimum absolute atomic E-state index is 0.0924. The number of benzene rings is 1. The Balaban J connectivity index is 2.09. The predicted molar refractivity (Wildman–Crippen MR) is 96.2 cm³/mol. The lowest BCUT2D eigenvalue weighted by Crippen LogP contribution is -2.25. The van der Waals surface area contributed by atoms with E-state index < -0.39 is 5.97 Å². The van der Waals surface area contributed by atoms with Crippen molar-refractivity contribution in [1.82, 2.24) is 9.55 Å². The number of carboxylic acids is 1. The van der Waals surface area contributed by atoms with E-state index >= 15 is 0 Å². The Hall–Kier alpha value is -2.73. The van der Waals surface area contributed by atoms with Crippen LogP contribution in [0, 0.1) is 6.92 Å². The molecule has 2 aromatic heterocycles. The van der Waals surface area contributed by atoms with Gasteiger partial charge in [0.05, 0.1) is 17.3 Å². The van der Waals surface area contributed by atoms with Gasteiger partial charge in [0.15, 0.2) is 0 Å². The first-order chi connectivity index (χ1) is 11.5. The van der Waals surface area contributed by atoms with Crippen molar-refractivity contribution in [1.29, 1.82) is 0 Å². The number of hydrogen-bond donors (Lipinski definition) is 1. The summed E-state index contributed by atoms with van der Waals surface area (Å²) in [7, 11) is 0. The molecule has 0 saturated carbocycles. The summed E-state index contributed by atoms with van der Waals surface area (Å²) in [5.74, 6) is -0.482. The van der Waals surface area contributed by atoms with Crippen molar-refractivity contribution in [3.8, 4) is 0 Å². The molecule has 3 rings (SSSR count). The highest BCUT2D eigenvalue weighted by Gasteiger charge is 2.10. The van der Waals surface area contributed by atoms with Crippen molar-refractivity contribution in [2.24, 2.45) is 0 Å². The van der Waals surface area contributed by atoms with Gasteiger partial charge in [-0.2, -0.15) is 0 Å². The molecule has 0 bridgehead atoms. The maximum atomic E-state index is 12.7. The van der Waals surface area contributed by atoms with E-state index in [0.29, 0.717) is 16.7 Å². The highest BCUT2D eigenvalue weighted by molar-refractivity contribution is 7.12. The number of aliphatic carboxylic acids is 1. The lowest BCUT2D eigenvalue weighted by Gasteiger charge is -2.10. The number of aryl methyl sites for hydroxylation is 1. The number of nitrogens with zero attached hydrogens (tertiary/aromatic N) is 2. The fourth-order valence-electron chi connectivity index (χ4n) is 2.44. The Morgan fingerprint density at radius 1 is 1.25 bits per heavy atom. The molecular formula is C18H16N2O3S. The van der Waals surface area contributed by atoms with Crippen LogP contribution in [0.4, 0.5) is 0 Å². The molecule has 24 heavy (non-hydrogen) atoms. The van der Waals surface area contributed by atoms with Crippen molar-refractivity contribution in [3.63, 3.8) is 0 Å². The van der Waals surface area contributed by atoms with E-state index in [9.17, 15) is 9.59 Å². The van der Waals surface area contributed by atoms with E-state index in [1.807, 2.05) is 31.2 Å². The molecule has 0 radical (unpaired) electrons. The third kappa shape index (κ3) is 3.44. The Morgan fingerprint density at radius 2 is 2.04 bits per heavy atom. The minimum Gasteiger partial charge on any atom is -0.481 e. The van der Waals surface area contributed by atoms with Crippen molar-refractivity contribution in [3.05, 3.63) is 62.3 Å². The van der Waals surface area contributed by atoms with E-state index in [1.54, 1.807) is 35.6 Å². The van der Waals surface area contributed by atoms with Crippen LogP contribution in [0.5, 0.6) is 0 Å². The summed E-state index contributed by atoms with van der Waals surface area (Å²) in [5.41, 5.74) is 0.389. The molecule has 1 aromatic carbocycles. The number of fused-ring (bicyclic) bond motifs is 1. The monoisotopic (exact) mass is 340 g/mol. The van der Waals surface area contributed by atoms with Crippen LogP contribution in [0.25, 0.3) is 23.1 Å². The summed E-state index contributed by atoms with van der Waals surface area (Å²) >= 11 is 1.64. The second kappa shape index (κ2) is 6.80. The Morgan fingerprint density at radius 3 is 2.75 bits per heavy atom. The molecule has 5 nitrogen and oxygen atoms in total.